The first-order valence-corrected chi connectivity index (χ1v) is 7.79. The van der Waals surface area contributed by atoms with Crippen LogP contribution in [-0.2, 0) is 4.74 Å². The van der Waals surface area contributed by atoms with E-state index in [9.17, 15) is 5.11 Å². The molecule has 0 bridgehead atoms. The molecule has 0 spiro atoms. The van der Waals surface area contributed by atoms with Crippen molar-refractivity contribution in [1.29, 1.82) is 0 Å². The summed E-state index contributed by atoms with van der Waals surface area (Å²) >= 11 is 0. The van der Waals surface area contributed by atoms with Gasteiger partial charge in [-0.05, 0) is 65.0 Å². The molecule has 2 fully saturated rings. The number of piperidine rings is 1. The van der Waals surface area contributed by atoms with Gasteiger partial charge in [0.15, 0.2) is 0 Å². The molecule has 3 heteroatoms. The van der Waals surface area contributed by atoms with Crippen molar-refractivity contribution in [3.63, 3.8) is 0 Å². The van der Waals surface area contributed by atoms with Gasteiger partial charge in [-0.2, -0.15) is 0 Å². The van der Waals surface area contributed by atoms with E-state index in [0.29, 0.717) is 12.1 Å². The second-order valence-electron chi connectivity index (χ2n) is 6.05. The number of ether oxygens (including phenoxy) is 1. The lowest BCUT2D eigenvalue weighted by atomic mass is 9.96. The van der Waals surface area contributed by atoms with Gasteiger partial charge in [-0.25, -0.2) is 0 Å². The topological polar surface area (TPSA) is 32.7 Å². The van der Waals surface area contributed by atoms with E-state index in [1.807, 2.05) is 6.92 Å². The first-order valence-electron chi connectivity index (χ1n) is 7.79. The molecule has 2 aliphatic heterocycles. The van der Waals surface area contributed by atoms with Crippen LogP contribution >= 0.6 is 0 Å². The summed E-state index contributed by atoms with van der Waals surface area (Å²) in [6.07, 6.45) is 10.2. The van der Waals surface area contributed by atoms with E-state index in [-0.39, 0.29) is 6.10 Å². The first kappa shape index (κ1) is 14.3. The molecule has 2 saturated heterocycles. The van der Waals surface area contributed by atoms with Crippen LogP contribution in [0.5, 0.6) is 0 Å². The number of hydrogen-bond donors (Lipinski definition) is 1. The highest BCUT2D eigenvalue weighted by molar-refractivity contribution is 4.79. The number of nitrogens with zero attached hydrogens (tertiary/aromatic N) is 1. The Morgan fingerprint density at radius 3 is 2.89 bits per heavy atom. The number of aliphatic hydroxyl groups is 1. The molecule has 2 rings (SSSR count). The van der Waals surface area contributed by atoms with Crippen LogP contribution < -0.4 is 0 Å². The summed E-state index contributed by atoms with van der Waals surface area (Å²) < 4.78 is 5.68. The van der Waals surface area contributed by atoms with E-state index >= 15 is 0 Å². The Balaban J connectivity index is 1.67. The van der Waals surface area contributed by atoms with Gasteiger partial charge in [0.25, 0.3) is 0 Å². The van der Waals surface area contributed by atoms with Crippen LogP contribution in [0.1, 0.15) is 58.3 Å². The van der Waals surface area contributed by atoms with Crippen LogP contribution in [0.15, 0.2) is 0 Å². The number of rotatable bonds is 6. The van der Waals surface area contributed by atoms with Gasteiger partial charge < -0.3 is 14.7 Å². The van der Waals surface area contributed by atoms with Crippen LogP contribution in [-0.4, -0.2) is 48.0 Å². The molecular weight excluding hydrogens is 226 g/mol. The zero-order valence-electron chi connectivity index (χ0n) is 11.8. The minimum atomic E-state index is -0.159. The summed E-state index contributed by atoms with van der Waals surface area (Å²) in [5, 5.41) is 9.57. The first-order chi connectivity index (χ1) is 8.75. The van der Waals surface area contributed by atoms with Crippen molar-refractivity contribution in [3.8, 4) is 0 Å². The smallest absolute Gasteiger partial charge is 0.0576 e. The standard InChI is InChI=1S/C15H29NO2/c1-13(17)12-14-6-2-3-9-16(14)10-4-7-15-8-5-11-18-15/h13-15,17H,2-12H2,1H3. The lowest BCUT2D eigenvalue weighted by Gasteiger charge is -2.36. The third-order valence-electron chi connectivity index (χ3n) is 4.36. The third-order valence-corrected chi connectivity index (χ3v) is 4.36. The quantitative estimate of drug-likeness (QED) is 0.792. The van der Waals surface area contributed by atoms with Gasteiger partial charge in [0.1, 0.15) is 0 Å². The Morgan fingerprint density at radius 1 is 1.28 bits per heavy atom. The predicted octanol–water partition coefficient (Wildman–Crippen LogP) is 2.57. The zero-order valence-corrected chi connectivity index (χ0v) is 11.8. The van der Waals surface area contributed by atoms with Gasteiger partial charge in [-0.3, -0.25) is 0 Å². The van der Waals surface area contributed by atoms with Crippen LogP contribution in [0.4, 0.5) is 0 Å². The molecule has 0 saturated carbocycles. The molecule has 0 aromatic heterocycles. The highest BCUT2D eigenvalue weighted by Gasteiger charge is 2.23. The molecule has 0 aromatic carbocycles. The molecule has 3 nitrogen and oxygen atoms in total. The number of aliphatic hydroxyl groups excluding tert-OH is 1. The second kappa shape index (κ2) is 7.46. The van der Waals surface area contributed by atoms with Crippen molar-refractivity contribution in [1.82, 2.24) is 4.90 Å². The number of hydrogen-bond acceptors (Lipinski definition) is 3. The Labute approximate surface area is 112 Å². The normalized spacial score (nSPS) is 31.7. The van der Waals surface area contributed by atoms with E-state index < -0.39 is 0 Å². The minimum absolute atomic E-state index is 0.159. The van der Waals surface area contributed by atoms with E-state index in [1.165, 1.54) is 58.0 Å². The molecule has 2 aliphatic rings. The Bertz CT molecular complexity index is 227. The van der Waals surface area contributed by atoms with Crippen molar-refractivity contribution in [2.75, 3.05) is 19.7 Å². The van der Waals surface area contributed by atoms with Crippen molar-refractivity contribution < 1.29 is 9.84 Å². The molecule has 106 valence electrons. The number of likely N-dealkylation sites (tertiary alicyclic amines) is 1. The average Bonchev–Trinajstić information content (AvgIpc) is 2.84. The summed E-state index contributed by atoms with van der Waals surface area (Å²) in [6, 6.07) is 0.614. The van der Waals surface area contributed by atoms with Crippen LogP contribution in [0.3, 0.4) is 0 Å². The maximum absolute atomic E-state index is 9.57. The molecule has 0 aliphatic carbocycles. The molecule has 1 N–H and O–H groups in total. The lowest BCUT2D eigenvalue weighted by Crippen LogP contribution is -2.41. The van der Waals surface area contributed by atoms with Crippen LogP contribution in [0, 0.1) is 0 Å². The SMILES string of the molecule is CC(O)CC1CCCCN1CCCC1CCCO1. The van der Waals surface area contributed by atoms with Crippen LogP contribution in [0.25, 0.3) is 0 Å². The monoisotopic (exact) mass is 255 g/mol. The summed E-state index contributed by atoms with van der Waals surface area (Å²) in [7, 11) is 0. The Morgan fingerprint density at radius 2 is 2.17 bits per heavy atom. The lowest BCUT2D eigenvalue weighted by molar-refractivity contribution is 0.0729. The van der Waals surface area contributed by atoms with E-state index in [0.717, 1.165) is 13.0 Å². The van der Waals surface area contributed by atoms with Gasteiger partial charge in [-0.15, -0.1) is 0 Å². The van der Waals surface area contributed by atoms with Crippen molar-refractivity contribution in [2.24, 2.45) is 0 Å². The van der Waals surface area contributed by atoms with E-state index in [2.05, 4.69) is 4.90 Å². The van der Waals surface area contributed by atoms with Crippen molar-refractivity contribution >= 4 is 0 Å². The molecular formula is C15H29NO2. The molecule has 0 aromatic rings. The highest BCUT2D eigenvalue weighted by atomic mass is 16.5. The average molecular weight is 255 g/mol. The largest absolute Gasteiger partial charge is 0.393 e. The van der Waals surface area contributed by atoms with Crippen molar-refractivity contribution in [2.45, 2.75) is 76.5 Å². The van der Waals surface area contributed by atoms with E-state index in [1.54, 1.807) is 0 Å². The zero-order chi connectivity index (χ0) is 12.8. The minimum Gasteiger partial charge on any atom is -0.393 e. The van der Waals surface area contributed by atoms with Gasteiger partial charge in [-0.1, -0.05) is 6.42 Å². The van der Waals surface area contributed by atoms with Gasteiger partial charge in [0.05, 0.1) is 12.2 Å². The second-order valence-corrected chi connectivity index (χ2v) is 6.05. The maximum atomic E-state index is 9.57. The molecule has 3 unspecified atom stereocenters. The van der Waals surface area contributed by atoms with Gasteiger partial charge >= 0.3 is 0 Å². The molecule has 0 radical (unpaired) electrons. The molecule has 2 heterocycles. The van der Waals surface area contributed by atoms with Gasteiger partial charge in [0.2, 0.25) is 0 Å². The van der Waals surface area contributed by atoms with Gasteiger partial charge in [0, 0.05) is 12.6 Å². The highest BCUT2D eigenvalue weighted by Crippen LogP contribution is 2.23. The summed E-state index contributed by atoms with van der Waals surface area (Å²) in [4.78, 5) is 2.60. The Hall–Kier alpha value is -0.120. The molecule has 3 atom stereocenters. The summed E-state index contributed by atoms with van der Waals surface area (Å²) in [6.45, 7) is 5.30. The predicted molar refractivity (Wildman–Crippen MR) is 73.7 cm³/mol. The summed E-state index contributed by atoms with van der Waals surface area (Å²) in [5.74, 6) is 0. The third kappa shape index (κ3) is 4.52. The fraction of sp³-hybridized carbons (Fsp3) is 1.00. The Kier molecular flexibility index (Phi) is 5.93. The molecule has 0 amide bonds. The van der Waals surface area contributed by atoms with Crippen molar-refractivity contribution in [3.05, 3.63) is 0 Å². The van der Waals surface area contributed by atoms with E-state index in [4.69, 9.17) is 4.74 Å². The summed E-state index contributed by atoms with van der Waals surface area (Å²) in [5.41, 5.74) is 0. The fourth-order valence-electron chi connectivity index (χ4n) is 3.41. The van der Waals surface area contributed by atoms with Crippen LogP contribution in [0.2, 0.25) is 0 Å². The molecule has 18 heavy (non-hydrogen) atoms. The maximum Gasteiger partial charge on any atom is 0.0576 e. The fourth-order valence-corrected chi connectivity index (χ4v) is 3.41.